The maximum atomic E-state index is 12.5. The Morgan fingerprint density at radius 1 is 1.06 bits per heavy atom. The molecular weight excluding hydrogens is 396 g/mol. The molecule has 0 aliphatic carbocycles. The molecule has 4 heterocycles. The van der Waals surface area contributed by atoms with Crippen LogP contribution in [0.2, 0.25) is 0 Å². The van der Waals surface area contributed by atoms with E-state index < -0.39 is 0 Å². The van der Waals surface area contributed by atoms with Crippen molar-refractivity contribution in [2.75, 3.05) is 50.7 Å². The molecule has 3 aliphatic heterocycles. The van der Waals surface area contributed by atoms with Gasteiger partial charge in [-0.1, -0.05) is 6.07 Å². The number of nitrogens with zero attached hydrogens (tertiary/aromatic N) is 4. The Morgan fingerprint density at radius 2 is 1.81 bits per heavy atom. The van der Waals surface area contributed by atoms with E-state index in [1.807, 2.05) is 23.1 Å². The number of rotatable bonds is 5. The molecule has 1 unspecified atom stereocenters. The molecule has 3 amide bonds. The first-order valence-electron chi connectivity index (χ1n) is 11.3. The molecule has 31 heavy (non-hydrogen) atoms. The molecule has 4 rings (SSSR count). The molecular formula is C22H32N6O3. The summed E-state index contributed by atoms with van der Waals surface area (Å²) in [5.41, 5.74) is 6.64. The van der Waals surface area contributed by atoms with Crippen LogP contribution in [0.15, 0.2) is 18.2 Å². The Kier molecular flexibility index (Phi) is 6.82. The van der Waals surface area contributed by atoms with Gasteiger partial charge in [-0.2, -0.15) is 0 Å². The Balaban J connectivity index is 1.26. The van der Waals surface area contributed by atoms with Gasteiger partial charge in [0.25, 0.3) is 0 Å². The highest BCUT2D eigenvalue weighted by Crippen LogP contribution is 2.25. The number of carbonyl (C=O) groups is 3. The Bertz CT molecular complexity index is 815. The van der Waals surface area contributed by atoms with Crippen LogP contribution in [0.4, 0.5) is 5.82 Å². The highest BCUT2D eigenvalue weighted by atomic mass is 16.2. The summed E-state index contributed by atoms with van der Waals surface area (Å²) in [6.07, 6.45) is 3.21. The molecule has 1 atom stereocenters. The van der Waals surface area contributed by atoms with E-state index in [9.17, 15) is 14.4 Å². The topological polar surface area (TPSA) is 112 Å². The van der Waals surface area contributed by atoms with E-state index in [1.54, 1.807) is 0 Å². The van der Waals surface area contributed by atoms with Crippen molar-refractivity contribution < 1.29 is 14.4 Å². The minimum Gasteiger partial charge on any atom is -0.354 e. The van der Waals surface area contributed by atoms with Crippen molar-refractivity contribution in [3.63, 3.8) is 0 Å². The number of pyridine rings is 1. The smallest absolute Gasteiger partial charge is 0.235 e. The lowest BCUT2D eigenvalue weighted by atomic mass is 9.94. The molecule has 3 N–H and O–H groups in total. The van der Waals surface area contributed by atoms with Gasteiger partial charge in [-0.25, -0.2) is 4.98 Å². The monoisotopic (exact) mass is 428 g/mol. The number of likely N-dealkylation sites (tertiary alicyclic amines) is 1. The summed E-state index contributed by atoms with van der Waals surface area (Å²) in [4.78, 5) is 47.2. The van der Waals surface area contributed by atoms with Gasteiger partial charge in [0.15, 0.2) is 0 Å². The van der Waals surface area contributed by atoms with Gasteiger partial charge in [-0.15, -0.1) is 0 Å². The van der Waals surface area contributed by atoms with Crippen LogP contribution in [0.5, 0.6) is 0 Å². The highest BCUT2D eigenvalue weighted by Gasteiger charge is 2.29. The summed E-state index contributed by atoms with van der Waals surface area (Å²) in [5.74, 6) is 0.256. The number of anilines is 1. The second-order valence-electron chi connectivity index (χ2n) is 8.72. The van der Waals surface area contributed by atoms with Crippen LogP contribution in [0.3, 0.4) is 0 Å². The molecule has 0 saturated carbocycles. The number of piperazine rings is 1. The zero-order valence-corrected chi connectivity index (χ0v) is 18.0. The summed E-state index contributed by atoms with van der Waals surface area (Å²) in [6, 6.07) is 5.99. The molecule has 0 spiro atoms. The Hall–Kier alpha value is -2.52. The van der Waals surface area contributed by atoms with Crippen LogP contribution in [0.25, 0.3) is 0 Å². The lowest BCUT2D eigenvalue weighted by molar-refractivity contribution is -0.134. The largest absolute Gasteiger partial charge is 0.354 e. The fourth-order valence-corrected chi connectivity index (χ4v) is 4.55. The third-order valence-electron chi connectivity index (χ3n) is 6.58. The van der Waals surface area contributed by atoms with Crippen LogP contribution in [0.1, 0.15) is 43.7 Å². The molecule has 1 aromatic heterocycles. The molecule has 168 valence electrons. The lowest BCUT2D eigenvalue weighted by Gasteiger charge is -2.36. The van der Waals surface area contributed by atoms with Crippen molar-refractivity contribution in [3.05, 3.63) is 23.9 Å². The summed E-state index contributed by atoms with van der Waals surface area (Å²) < 4.78 is 0. The average Bonchev–Trinajstić information content (AvgIpc) is 2.78. The van der Waals surface area contributed by atoms with E-state index in [-0.39, 0.29) is 29.7 Å². The number of piperidine rings is 2. The van der Waals surface area contributed by atoms with Crippen LogP contribution >= 0.6 is 0 Å². The van der Waals surface area contributed by atoms with Gasteiger partial charge in [0.05, 0.1) is 11.6 Å². The normalized spacial score (nSPS) is 23.7. The van der Waals surface area contributed by atoms with Crippen molar-refractivity contribution in [1.82, 2.24) is 20.1 Å². The third kappa shape index (κ3) is 5.40. The SMILES string of the molecule is NC1CCN(C(=O)CCN2CCN(c3cccc(C4CCC(=O)NC4=O)n3)CC2)CC1. The van der Waals surface area contributed by atoms with E-state index in [0.717, 1.165) is 70.2 Å². The van der Waals surface area contributed by atoms with E-state index in [1.165, 1.54) is 0 Å². The second kappa shape index (κ2) is 9.74. The number of carbonyl (C=O) groups excluding carboxylic acids is 3. The Morgan fingerprint density at radius 3 is 2.52 bits per heavy atom. The van der Waals surface area contributed by atoms with Gasteiger partial charge in [0.2, 0.25) is 17.7 Å². The second-order valence-corrected chi connectivity index (χ2v) is 8.72. The molecule has 3 fully saturated rings. The fraction of sp³-hybridized carbons (Fsp3) is 0.636. The van der Waals surface area contributed by atoms with Crippen molar-refractivity contribution in [3.8, 4) is 0 Å². The molecule has 3 aliphatic rings. The van der Waals surface area contributed by atoms with E-state index in [2.05, 4.69) is 15.1 Å². The van der Waals surface area contributed by atoms with Gasteiger partial charge < -0.3 is 15.5 Å². The first kappa shape index (κ1) is 21.7. The zero-order chi connectivity index (χ0) is 21.8. The summed E-state index contributed by atoms with van der Waals surface area (Å²) in [6.45, 7) is 5.76. The minimum absolute atomic E-state index is 0.212. The van der Waals surface area contributed by atoms with Gasteiger partial charge >= 0.3 is 0 Å². The number of hydrogen-bond acceptors (Lipinski definition) is 7. The number of hydrogen-bond donors (Lipinski definition) is 2. The van der Waals surface area contributed by atoms with Crippen LogP contribution in [-0.2, 0) is 14.4 Å². The van der Waals surface area contributed by atoms with Crippen molar-refractivity contribution in [1.29, 1.82) is 0 Å². The van der Waals surface area contributed by atoms with Crippen LogP contribution in [0, 0.1) is 0 Å². The summed E-state index contributed by atoms with van der Waals surface area (Å²) >= 11 is 0. The van der Waals surface area contributed by atoms with Crippen molar-refractivity contribution in [2.45, 2.75) is 44.1 Å². The number of aromatic nitrogens is 1. The average molecular weight is 429 g/mol. The summed E-state index contributed by atoms with van der Waals surface area (Å²) in [7, 11) is 0. The van der Waals surface area contributed by atoms with Crippen LogP contribution < -0.4 is 16.0 Å². The number of nitrogens with one attached hydrogen (secondary N) is 1. The number of imide groups is 1. The van der Waals surface area contributed by atoms with Gasteiger partial charge in [-0.05, 0) is 31.4 Å². The zero-order valence-electron chi connectivity index (χ0n) is 18.0. The van der Waals surface area contributed by atoms with E-state index >= 15 is 0 Å². The Labute approximate surface area is 182 Å². The van der Waals surface area contributed by atoms with E-state index in [0.29, 0.717) is 19.3 Å². The predicted molar refractivity (Wildman–Crippen MR) is 116 cm³/mol. The lowest BCUT2D eigenvalue weighted by Crippen LogP contribution is -2.48. The summed E-state index contributed by atoms with van der Waals surface area (Å²) in [5, 5.41) is 2.41. The third-order valence-corrected chi connectivity index (χ3v) is 6.58. The quantitative estimate of drug-likeness (QED) is 0.638. The molecule has 1 aromatic rings. The molecule has 9 heteroatoms. The predicted octanol–water partition coefficient (Wildman–Crippen LogP) is 0.0636. The number of nitrogens with two attached hydrogens (primary N) is 1. The molecule has 0 bridgehead atoms. The molecule has 9 nitrogen and oxygen atoms in total. The van der Waals surface area contributed by atoms with Gasteiger partial charge in [-0.3, -0.25) is 24.6 Å². The number of amides is 3. The maximum absolute atomic E-state index is 12.5. The first-order chi connectivity index (χ1) is 15.0. The fourth-order valence-electron chi connectivity index (χ4n) is 4.55. The minimum atomic E-state index is -0.366. The van der Waals surface area contributed by atoms with Gasteiger partial charge in [0, 0.05) is 64.7 Å². The van der Waals surface area contributed by atoms with Crippen molar-refractivity contribution in [2.24, 2.45) is 5.73 Å². The molecule has 3 saturated heterocycles. The van der Waals surface area contributed by atoms with Gasteiger partial charge in [0.1, 0.15) is 5.82 Å². The van der Waals surface area contributed by atoms with Crippen molar-refractivity contribution >= 4 is 23.5 Å². The molecule has 0 aromatic carbocycles. The van der Waals surface area contributed by atoms with Crippen LogP contribution in [-0.4, -0.2) is 84.4 Å². The maximum Gasteiger partial charge on any atom is 0.235 e. The first-order valence-corrected chi connectivity index (χ1v) is 11.3. The molecule has 0 radical (unpaired) electrons. The standard InChI is InChI=1S/C22H32N6O3/c23-16-6-10-28(11-7-16)21(30)8-9-26-12-14-27(15-13-26)19-3-1-2-18(24-19)17-4-5-20(29)25-22(17)31/h1-3,16-17H,4-15,23H2,(H,25,29,31). The highest BCUT2D eigenvalue weighted by molar-refractivity contribution is 6.00. The van der Waals surface area contributed by atoms with E-state index in [4.69, 9.17) is 10.7 Å².